The van der Waals surface area contributed by atoms with Crippen molar-refractivity contribution in [1.29, 1.82) is 0 Å². The fourth-order valence-electron chi connectivity index (χ4n) is 5.69. The number of ketones is 1. The maximum atomic E-state index is 12.7. The molecule has 1 aromatic rings. The minimum Gasteiger partial charge on any atom is -0.493 e. The molecule has 7 heteroatoms. The van der Waals surface area contributed by atoms with Crippen molar-refractivity contribution < 1.29 is 19.4 Å². The molecule has 1 saturated carbocycles. The number of ether oxygens (including phenoxy) is 2. The zero-order chi connectivity index (χ0) is 16.0. The number of aliphatic hydroxyl groups is 1. The van der Waals surface area contributed by atoms with Crippen molar-refractivity contribution in [3.8, 4) is 11.5 Å². The molecule has 2 aliphatic carbocycles. The summed E-state index contributed by atoms with van der Waals surface area (Å²) < 4.78 is 11.6. The summed E-state index contributed by atoms with van der Waals surface area (Å²) in [6.45, 7) is 0.871. The lowest BCUT2D eigenvalue weighted by Crippen LogP contribution is -2.76. The Labute approximate surface area is 159 Å². The number of carbonyl (C=O) groups excluding carboxylic acids is 1. The van der Waals surface area contributed by atoms with Crippen molar-refractivity contribution in [2.75, 3.05) is 20.7 Å². The number of likely N-dealkylation sites (N-methyl/N-ethyl adjacent to an activating group) is 1. The molecule has 0 amide bonds. The third kappa shape index (κ3) is 1.90. The van der Waals surface area contributed by atoms with Crippen molar-refractivity contribution in [1.82, 2.24) is 4.90 Å². The van der Waals surface area contributed by atoms with Gasteiger partial charge in [-0.2, -0.15) is 0 Å². The van der Waals surface area contributed by atoms with Gasteiger partial charge in [0, 0.05) is 18.0 Å². The minimum atomic E-state index is -0.900. The van der Waals surface area contributed by atoms with Crippen LogP contribution in [0.3, 0.4) is 0 Å². The van der Waals surface area contributed by atoms with Gasteiger partial charge < -0.3 is 19.5 Å². The van der Waals surface area contributed by atoms with E-state index in [-0.39, 0.29) is 36.6 Å². The first-order chi connectivity index (χ1) is 11.0. The highest BCUT2D eigenvalue weighted by atomic mass is 35.5. The lowest BCUT2D eigenvalue weighted by Gasteiger charge is -2.62. The largest absolute Gasteiger partial charge is 0.493 e. The fourth-order valence-corrected chi connectivity index (χ4v) is 5.69. The second-order valence-electron chi connectivity index (χ2n) is 7.44. The number of piperidine rings is 1. The molecule has 4 atom stereocenters. The number of halogens is 2. The molecule has 0 unspecified atom stereocenters. The number of benzene rings is 1. The first-order valence-electron chi connectivity index (χ1n) is 8.35. The predicted molar refractivity (Wildman–Crippen MR) is 97.5 cm³/mol. The summed E-state index contributed by atoms with van der Waals surface area (Å²) in [5, 5.41) is 11.7. The topological polar surface area (TPSA) is 59.0 Å². The molecule has 1 N–H and O–H groups in total. The van der Waals surface area contributed by atoms with E-state index in [0.29, 0.717) is 24.3 Å². The molecule has 0 aromatic heterocycles. The van der Waals surface area contributed by atoms with E-state index < -0.39 is 17.1 Å². The maximum absolute atomic E-state index is 12.7. The lowest BCUT2D eigenvalue weighted by molar-refractivity contribution is -0.185. The van der Waals surface area contributed by atoms with Crippen LogP contribution in [-0.2, 0) is 16.6 Å². The Morgan fingerprint density at radius 1 is 1.32 bits per heavy atom. The standard InChI is InChI=1S/C18H21NO4.2ClH/c1-19-8-7-17-14-10-3-4-12(22-2)15(14)23-16(17)11(20)5-6-18(17,21)13(19)9-10;;/h3-4,13,16,21H,5-9H2,1-2H3;2*1H/t13-,16+,17+,18-;;/m1../s1. The van der Waals surface area contributed by atoms with E-state index in [1.807, 2.05) is 6.07 Å². The van der Waals surface area contributed by atoms with Crippen LogP contribution in [0.5, 0.6) is 11.5 Å². The number of hydrogen-bond donors (Lipinski definition) is 1. The van der Waals surface area contributed by atoms with Gasteiger partial charge in [0.1, 0.15) is 0 Å². The molecule has 1 aromatic carbocycles. The molecular formula is C18H23Cl2NO4. The van der Waals surface area contributed by atoms with Gasteiger partial charge in [-0.3, -0.25) is 4.79 Å². The van der Waals surface area contributed by atoms with Gasteiger partial charge >= 0.3 is 0 Å². The molecule has 0 radical (unpaired) electrons. The highest BCUT2D eigenvalue weighted by molar-refractivity contribution is 5.90. The second kappa shape index (κ2) is 5.74. The van der Waals surface area contributed by atoms with Crippen LogP contribution in [0.4, 0.5) is 0 Å². The summed E-state index contributed by atoms with van der Waals surface area (Å²) >= 11 is 0. The lowest BCUT2D eigenvalue weighted by atomic mass is 9.49. The molecule has 2 fully saturated rings. The molecule has 2 aliphatic heterocycles. The van der Waals surface area contributed by atoms with Gasteiger partial charge in [-0.05, 0) is 44.5 Å². The minimum absolute atomic E-state index is 0. The number of hydrogen-bond acceptors (Lipinski definition) is 5. The molecule has 5 nitrogen and oxygen atoms in total. The van der Waals surface area contributed by atoms with Gasteiger partial charge in [-0.1, -0.05) is 6.07 Å². The van der Waals surface area contributed by atoms with Crippen molar-refractivity contribution in [3.05, 3.63) is 23.3 Å². The van der Waals surface area contributed by atoms with Crippen LogP contribution < -0.4 is 9.47 Å². The quantitative estimate of drug-likeness (QED) is 0.797. The molecule has 25 heavy (non-hydrogen) atoms. The summed E-state index contributed by atoms with van der Waals surface area (Å²) in [7, 11) is 3.70. The molecule has 2 bridgehead atoms. The SMILES string of the molecule is COc1ccc2c3c1O[C@H]1C(=O)CC[C@@]4(O)[C@@H](C2)N(C)CC[C@]314.Cl.Cl. The summed E-state index contributed by atoms with van der Waals surface area (Å²) in [5.74, 6) is 1.47. The molecule has 2 heterocycles. The van der Waals surface area contributed by atoms with Crippen LogP contribution in [0.25, 0.3) is 0 Å². The van der Waals surface area contributed by atoms with Crippen LogP contribution in [0.1, 0.15) is 30.4 Å². The Morgan fingerprint density at radius 3 is 2.80 bits per heavy atom. The molecular weight excluding hydrogens is 365 g/mol. The van der Waals surface area contributed by atoms with Gasteiger partial charge in [-0.25, -0.2) is 0 Å². The average molecular weight is 388 g/mol. The smallest absolute Gasteiger partial charge is 0.174 e. The van der Waals surface area contributed by atoms with Crippen molar-refractivity contribution >= 4 is 30.6 Å². The van der Waals surface area contributed by atoms with Crippen LogP contribution >= 0.6 is 24.8 Å². The molecule has 4 aliphatic rings. The predicted octanol–water partition coefficient (Wildman–Crippen LogP) is 1.89. The molecule has 1 saturated heterocycles. The Bertz CT molecular complexity index is 742. The van der Waals surface area contributed by atoms with Crippen LogP contribution in [0.15, 0.2) is 12.1 Å². The zero-order valence-electron chi connectivity index (χ0n) is 14.3. The number of Topliss-reactive ketones (excluding diaryl/α,β-unsaturated/α-hetero) is 1. The van der Waals surface area contributed by atoms with E-state index in [4.69, 9.17) is 9.47 Å². The number of nitrogens with zero attached hydrogens (tertiary/aromatic N) is 1. The first-order valence-corrected chi connectivity index (χ1v) is 8.35. The maximum Gasteiger partial charge on any atom is 0.174 e. The van der Waals surface area contributed by atoms with Gasteiger partial charge in [0.25, 0.3) is 0 Å². The van der Waals surface area contributed by atoms with E-state index in [0.717, 1.165) is 24.9 Å². The summed E-state index contributed by atoms with van der Waals surface area (Å²) in [5.41, 5.74) is 0.737. The number of carbonyl (C=O) groups is 1. The number of methoxy groups -OCH3 is 1. The van der Waals surface area contributed by atoms with Gasteiger partial charge in [0.2, 0.25) is 0 Å². The molecule has 5 rings (SSSR count). The van der Waals surface area contributed by atoms with E-state index in [1.54, 1.807) is 7.11 Å². The van der Waals surface area contributed by atoms with Gasteiger partial charge in [-0.15, -0.1) is 24.8 Å². The Balaban J connectivity index is 0.000000911. The van der Waals surface area contributed by atoms with Crippen molar-refractivity contribution in [2.45, 2.75) is 48.8 Å². The van der Waals surface area contributed by atoms with Gasteiger partial charge in [0.05, 0.1) is 18.1 Å². The van der Waals surface area contributed by atoms with Crippen LogP contribution in [0, 0.1) is 0 Å². The number of rotatable bonds is 1. The van der Waals surface area contributed by atoms with Gasteiger partial charge in [0.15, 0.2) is 23.4 Å². The third-order valence-electron chi connectivity index (χ3n) is 6.73. The Morgan fingerprint density at radius 2 is 2.08 bits per heavy atom. The molecule has 1 spiro atoms. The Hall–Kier alpha value is -1.01. The monoisotopic (exact) mass is 387 g/mol. The normalized spacial score (nSPS) is 37.3. The van der Waals surface area contributed by atoms with Crippen molar-refractivity contribution in [2.24, 2.45) is 0 Å². The van der Waals surface area contributed by atoms with E-state index in [2.05, 4.69) is 18.0 Å². The van der Waals surface area contributed by atoms with Crippen LogP contribution in [0.2, 0.25) is 0 Å². The summed E-state index contributed by atoms with van der Waals surface area (Å²) in [6.07, 6.45) is 1.89. The Kier molecular flexibility index (Phi) is 4.31. The average Bonchev–Trinajstić information content (AvgIpc) is 2.90. The van der Waals surface area contributed by atoms with E-state index >= 15 is 0 Å². The second-order valence-corrected chi connectivity index (χ2v) is 7.44. The van der Waals surface area contributed by atoms with E-state index in [1.165, 1.54) is 5.56 Å². The highest BCUT2D eigenvalue weighted by Crippen LogP contribution is 2.64. The summed E-state index contributed by atoms with van der Waals surface area (Å²) in [6, 6.07) is 4.05. The number of likely N-dealkylation sites (tertiary alicyclic amines) is 1. The van der Waals surface area contributed by atoms with E-state index in [9.17, 15) is 9.90 Å². The fraction of sp³-hybridized carbons (Fsp3) is 0.611. The molecule has 138 valence electrons. The summed E-state index contributed by atoms with van der Waals surface area (Å²) in [4.78, 5) is 14.9. The zero-order valence-corrected chi connectivity index (χ0v) is 15.9. The third-order valence-corrected chi connectivity index (χ3v) is 6.73. The van der Waals surface area contributed by atoms with Crippen molar-refractivity contribution in [3.63, 3.8) is 0 Å². The highest BCUT2D eigenvalue weighted by Gasteiger charge is 2.72. The van der Waals surface area contributed by atoms with Crippen LogP contribution in [-0.4, -0.2) is 54.2 Å². The first kappa shape index (κ1) is 18.8.